The number of carbonyl (C=O) groups is 2. The van der Waals surface area contributed by atoms with Crippen molar-refractivity contribution in [2.45, 2.75) is 38.1 Å². The van der Waals surface area contributed by atoms with Crippen molar-refractivity contribution in [3.8, 4) is 0 Å². The van der Waals surface area contributed by atoms with Crippen LogP contribution in [0, 0.1) is 6.92 Å². The number of nitrogens with two attached hydrogens (primary N) is 1. The number of hydrogen-bond donors (Lipinski definition) is 3. The summed E-state index contributed by atoms with van der Waals surface area (Å²) in [6.07, 6.45) is 3.32. The van der Waals surface area contributed by atoms with Gasteiger partial charge in [0.1, 0.15) is 0 Å². The zero-order valence-corrected chi connectivity index (χ0v) is 12.4. The number of hydrogen-bond acceptors (Lipinski definition) is 3. The van der Waals surface area contributed by atoms with Gasteiger partial charge >= 0.3 is 0 Å². The fraction of sp³-hybridized carbons (Fsp3) is 0.500. The summed E-state index contributed by atoms with van der Waals surface area (Å²) in [5, 5.41) is 5.57. The van der Waals surface area contributed by atoms with E-state index < -0.39 is 0 Å². The third-order valence-corrected chi connectivity index (χ3v) is 3.91. The molecule has 0 heterocycles. The van der Waals surface area contributed by atoms with E-state index in [1.54, 1.807) is 12.1 Å². The van der Waals surface area contributed by atoms with E-state index in [9.17, 15) is 9.59 Å². The van der Waals surface area contributed by atoms with Crippen molar-refractivity contribution >= 4 is 11.8 Å². The van der Waals surface area contributed by atoms with Crippen molar-refractivity contribution in [2.24, 2.45) is 5.73 Å². The molecule has 0 radical (unpaired) electrons. The first-order valence-electron chi connectivity index (χ1n) is 7.39. The molecule has 0 bridgehead atoms. The van der Waals surface area contributed by atoms with E-state index in [4.69, 9.17) is 5.73 Å². The van der Waals surface area contributed by atoms with Gasteiger partial charge in [0.15, 0.2) is 0 Å². The van der Waals surface area contributed by atoms with Crippen LogP contribution in [-0.4, -0.2) is 30.4 Å². The van der Waals surface area contributed by atoms with Crippen molar-refractivity contribution in [3.63, 3.8) is 0 Å². The van der Waals surface area contributed by atoms with Crippen LogP contribution in [-0.2, 0) is 4.79 Å². The Morgan fingerprint density at radius 3 is 2.33 bits per heavy atom. The van der Waals surface area contributed by atoms with Gasteiger partial charge < -0.3 is 16.4 Å². The van der Waals surface area contributed by atoms with Gasteiger partial charge in [0.2, 0.25) is 5.91 Å². The molecule has 5 heteroatoms. The van der Waals surface area contributed by atoms with Crippen molar-refractivity contribution in [3.05, 3.63) is 35.4 Å². The van der Waals surface area contributed by atoms with Crippen LogP contribution in [0.1, 0.15) is 41.6 Å². The molecule has 1 aliphatic rings. The standard InChI is InChI=1S/C16H23N3O2/c1-12-3-5-13(6-4-12)15(21)19-10-9-18-14(20)11-16(17)7-2-8-16/h3-6H,2,7-11,17H2,1H3,(H,18,20)(H,19,21). The van der Waals surface area contributed by atoms with Crippen LogP contribution in [0.15, 0.2) is 24.3 Å². The second-order valence-corrected chi connectivity index (χ2v) is 5.86. The van der Waals surface area contributed by atoms with E-state index in [0.29, 0.717) is 25.1 Å². The van der Waals surface area contributed by atoms with Crippen molar-refractivity contribution in [1.82, 2.24) is 10.6 Å². The van der Waals surface area contributed by atoms with Crippen LogP contribution in [0.25, 0.3) is 0 Å². The molecular weight excluding hydrogens is 266 g/mol. The molecule has 1 aromatic carbocycles. The summed E-state index contributed by atoms with van der Waals surface area (Å²) in [6.45, 7) is 2.81. The summed E-state index contributed by atoms with van der Waals surface area (Å²) in [5.74, 6) is -0.166. The Labute approximate surface area is 125 Å². The van der Waals surface area contributed by atoms with E-state index in [1.807, 2.05) is 19.1 Å². The summed E-state index contributed by atoms with van der Waals surface area (Å²) in [4.78, 5) is 23.5. The molecule has 114 valence electrons. The van der Waals surface area contributed by atoms with E-state index in [0.717, 1.165) is 24.8 Å². The molecule has 21 heavy (non-hydrogen) atoms. The SMILES string of the molecule is Cc1ccc(C(=O)NCCNC(=O)CC2(N)CCC2)cc1. The highest BCUT2D eigenvalue weighted by atomic mass is 16.2. The minimum Gasteiger partial charge on any atom is -0.354 e. The van der Waals surface area contributed by atoms with Gasteiger partial charge in [-0.15, -0.1) is 0 Å². The van der Waals surface area contributed by atoms with Gasteiger partial charge in [0.25, 0.3) is 5.91 Å². The summed E-state index contributed by atoms with van der Waals surface area (Å²) in [7, 11) is 0. The Hall–Kier alpha value is -1.88. The molecule has 4 N–H and O–H groups in total. The molecule has 1 fully saturated rings. The fourth-order valence-electron chi connectivity index (χ4n) is 2.37. The highest BCUT2D eigenvalue weighted by Gasteiger charge is 2.34. The number of amides is 2. The van der Waals surface area contributed by atoms with Crippen LogP contribution >= 0.6 is 0 Å². The van der Waals surface area contributed by atoms with E-state index >= 15 is 0 Å². The highest BCUT2D eigenvalue weighted by molar-refractivity contribution is 5.94. The third-order valence-electron chi connectivity index (χ3n) is 3.91. The topological polar surface area (TPSA) is 84.2 Å². The van der Waals surface area contributed by atoms with Gasteiger partial charge in [0, 0.05) is 30.6 Å². The van der Waals surface area contributed by atoms with E-state index in [2.05, 4.69) is 10.6 Å². The highest BCUT2D eigenvalue weighted by Crippen LogP contribution is 2.31. The molecule has 2 rings (SSSR count). The molecule has 1 aromatic rings. The first kappa shape index (κ1) is 15.5. The molecule has 0 aromatic heterocycles. The van der Waals surface area contributed by atoms with Crippen LogP contribution in [0.4, 0.5) is 0 Å². The van der Waals surface area contributed by atoms with Crippen molar-refractivity contribution in [1.29, 1.82) is 0 Å². The number of aryl methyl sites for hydroxylation is 1. The maximum Gasteiger partial charge on any atom is 0.251 e. The lowest BCUT2D eigenvalue weighted by Gasteiger charge is -2.37. The average Bonchev–Trinajstić information content (AvgIpc) is 2.42. The minimum atomic E-state index is -0.296. The fourth-order valence-corrected chi connectivity index (χ4v) is 2.37. The van der Waals surface area contributed by atoms with Gasteiger partial charge in [-0.2, -0.15) is 0 Å². The maximum absolute atomic E-state index is 11.8. The number of carbonyl (C=O) groups excluding carboxylic acids is 2. The lowest BCUT2D eigenvalue weighted by molar-refractivity contribution is -0.122. The zero-order valence-electron chi connectivity index (χ0n) is 12.4. The Balaban J connectivity index is 1.64. The zero-order chi connectivity index (χ0) is 15.3. The Morgan fingerprint density at radius 2 is 1.76 bits per heavy atom. The van der Waals surface area contributed by atoms with Crippen molar-refractivity contribution < 1.29 is 9.59 Å². The molecule has 1 aliphatic carbocycles. The van der Waals surface area contributed by atoms with Crippen molar-refractivity contribution in [2.75, 3.05) is 13.1 Å². The molecule has 0 unspecified atom stereocenters. The van der Waals surface area contributed by atoms with Crippen LogP contribution in [0.2, 0.25) is 0 Å². The molecule has 1 saturated carbocycles. The maximum atomic E-state index is 11.8. The van der Waals surface area contributed by atoms with Crippen LogP contribution in [0.3, 0.4) is 0 Å². The minimum absolute atomic E-state index is 0.0400. The molecule has 0 saturated heterocycles. The Bertz CT molecular complexity index is 507. The van der Waals surface area contributed by atoms with Crippen LogP contribution in [0.5, 0.6) is 0 Å². The molecule has 5 nitrogen and oxygen atoms in total. The van der Waals surface area contributed by atoms with Gasteiger partial charge in [-0.1, -0.05) is 17.7 Å². The number of rotatable bonds is 6. The Kier molecular flexibility index (Phi) is 4.96. The quantitative estimate of drug-likeness (QED) is 0.686. The predicted octanol–water partition coefficient (Wildman–Crippen LogP) is 1.11. The predicted molar refractivity (Wildman–Crippen MR) is 81.9 cm³/mol. The second kappa shape index (κ2) is 6.72. The number of benzene rings is 1. The summed E-state index contributed by atoms with van der Waals surface area (Å²) >= 11 is 0. The van der Waals surface area contributed by atoms with Crippen LogP contribution < -0.4 is 16.4 Å². The lowest BCUT2D eigenvalue weighted by Crippen LogP contribution is -2.50. The molecule has 2 amide bonds. The largest absolute Gasteiger partial charge is 0.354 e. The first-order valence-corrected chi connectivity index (χ1v) is 7.39. The van der Waals surface area contributed by atoms with Gasteiger partial charge in [-0.05, 0) is 38.3 Å². The average molecular weight is 289 g/mol. The summed E-state index contributed by atoms with van der Waals surface area (Å²) in [6, 6.07) is 7.38. The third kappa shape index (κ3) is 4.56. The van der Waals surface area contributed by atoms with Gasteiger partial charge in [-0.3, -0.25) is 9.59 Å². The summed E-state index contributed by atoms with van der Waals surface area (Å²) in [5.41, 5.74) is 7.46. The lowest BCUT2D eigenvalue weighted by atomic mass is 9.75. The normalized spacial score (nSPS) is 15.9. The first-order chi connectivity index (χ1) is 9.98. The van der Waals surface area contributed by atoms with E-state index in [1.165, 1.54) is 0 Å². The number of nitrogens with one attached hydrogen (secondary N) is 2. The Morgan fingerprint density at radius 1 is 1.14 bits per heavy atom. The van der Waals surface area contributed by atoms with Gasteiger partial charge in [-0.25, -0.2) is 0 Å². The monoisotopic (exact) mass is 289 g/mol. The summed E-state index contributed by atoms with van der Waals surface area (Å²) < 4.78 is 0. The molecule has 0 aliphatic heterocycles. The smallest absolute Gasteiger partial charge is 0.251 e. The molecule has 0 atom stereocenters. The van der Waals surface area contributed by atoms with E-state index in [-0.39, 0.29) is 17.4 Å². The van der Waals surface area contributed by atoms with Gasteiger partial charge in [0.05, 0.1) is 0 Å². The second-order valence-electron chi connectivity index (χ2n) is 5.86. The molecular formula is C16H23N3O2. The molecule has 0 spiro atoms.